The van der Waals surface area contributed by atoms with Gasteiger partial charge in [0.15, 0.2) is 0 Å². The monoisotopic (exact) mass is 213 g/mol. The number of nitrogens with zero attached hydrogens (tertiary/aromatic N) is 3. The smallest absolute Gasteiger partial charge is 0.350 e. The van der Waals surface area contributed by atoms with E-state index in [9.17, 15) is 4.79 Å². The van der Waals surface area contributed by atoms with Gasteiger partial charge in [-0.05, 0) is 12.8 Å². The summed E-state index contributed by atoms with van der Waals surface area (Å²) in [6.07, 6.45) is 2.35. The number of halogens is 1. The standard InChI is InChI=1S/C9H12ClN3O/c1-12-8(13-4-2-3-5-13)6-7(10)11-9(12)14/h6H,2-5H2,1H3. The molecule has 1 saturated heterocycles. The van der Waals surface area contributed by atoms with E-state index in [1.54, 1.807) is 13.1 Å². The summed E-state index contributed by atoms with van der Waals surface area (Å²) in [5, 5.41) is 0.273. The van der Waals surface area contributed by atoms with Crippen LogP contribution in [0.15, 0.2) is 10.9 Å². The van der Waals surface area contributed by atoms with Gasteiger partial charge in [-0.15, -0.1) is 0 Å². The zero-order valence-electron chi connectivity index (χ0n) is 8.03. The van der Waals surface area contributed by atoms with Crippen LogP contribution in [0.2, 0.25) is 5.15 Å². The van der Waals surface area contributed by atoms with Crippen molar-refractivity contribution in [3.8, 4) is 0 Å². The molecule has 1 aliphatic heterocycles. The van der Waals surface area contributed by atoms with Gasteiger partial charge < -0.3 is 4.90 Å². The lowest BCUT2D eigenvalue weighted by Gasteiger charge is -2.19. The summed E-state index contributed by atoms with van der Waals surface area (Å²) in [6, 6.07) is 1.74. The lowest BCUT2D eigenvalue weighted by molar-refractivity contribution is 0.768. The van der Waals surface area contributed by atoms with Crippen LogP contribution < -0.4 is 10.6 Å². The van der Waals surface area contributed by atoms with Crippen molar-refractivity contribution in [3.05, 3.63) is 21.7 Å². The second-order valence-electron chi connectivity index (χ2n) is 3.47. The maximum atomic E-state index is 11.4. The van der Waals surface area contributed by atoms with Gasteiger partial charge in [0.25, 0.3) is 0 Å². The molecule has 0 bridgehead atoms. The fourth-order valence-electron chi connectivity index (χ4n) is 1.75. The lowest BCUT2D eigenvalue weighted by Crippen LogP contribution is -2.29. The minimum atomic E-state index is -0.292. The van der Waals surface area contributed by atoms with Crippen molar-refractivity contribution in [2.24, 2.45) is 7.05 Å². The van der Waals surface area contributed by atoms with Gasteiger partial charge in [-0.2, -0.15) is 4.98 Å². The molecule has 1 aliphatic rings. The molecule has 0 spiro atoms. The number of hydrogen-bond donors (Lipinski definition) is 0. The van der Waals surface area contributed by atoms with Gasteiger partial charge in [-0.1, -0.05) is 11.6 Å². The molecule has 1 fully saturated rings. The zero-order valence-corrected chi connectivity index (χ0v) is 8.79. The summed E-state index contributed by atoms with van der Waals surface area (Å²) in [5.74, 6) is 0.868. The molecule has 0 atom stereocenters. The van der Waals surface area contributed by atoms with Crippen molar-refractivity contribution in [2.45, 2.75) is 12.8 Å². The van der Waals surface area contributed by atoms with E-state index in [-0.39, 0.29) is 10.8 Å². The maximum absolute atomic E-state index is 11.4. The Morgan fingerprint density at radius 1 is 1.43 bits per heavy atom. The molecule has 2 rings (SSSR count). The Balaban J connectivity index is 2.45. The van der Waals surface area contributed by atoms with E-state index in [2.05, 4.69) is 9.88 Å². The second kappa shape index (κ2) is 3.61. The Labute approximate surface area is 87.1 Å². The minimum Gasteiger partial charge on any atom is -0.358 e. The first kappa shape index (κ1) is 9.52. The molecule has 0 amide bonds. The van der Waals surface area contributed by atoms with Gasteiger partial charge in [0.05, 0.1) is 0 Å². The Bertz CT molecular complexity index is 396. The van der Waals surface area contributed by atoms with Crippen LogP contribution in [-0.2, 0) is 7.05 Å². The highest BCUT2D eigenvalue weighted by Gasteiger charge is 2.16. The lowest BCUT2D eigenvalue weighted by atomic mass is 10.4. The molecule has 0 radical (unpaired) electrons. The number of rotatable bonds is 1. The molecule has 76 valence electrons. The first-order chi connectivity index (χ1) is 6.68. The average molecular weight is 214 g/mol. The Morgan fingerprint density at radius 2 is 2.07 bits per heavy atom. The van der Waals surface area contributed by atoms with E-state index < -0.39 is 0 Å². The molecule has 0 aromatic carbocycles. The van der Waals surface area contributed by atoms with E-state index >= 15 is 0 Å². The Hall–Kier alpha value is -1.03. The highest BCUT2D eigenvalue weighted by molar-refractivity contribution is 6.29. The maximum Gasteiger partial charge on any atom is 0.350 e. The van der Waals surface area contributed by atoms with Gasteiger partial charge >= 0.3 is 5.69 Å². The Kier molecular flexibility index (Phi) is 2.46. The molecule has 2 heterocycles. The van der Waals surface area contributed by atoms with Crippen LogP contribution in [0.4, 0.5) is 5.82 Å². The normalized spacial score (nSPS) is 16.3. The summed E-state index contributed by atoms with van der Waals surface area (Å²) in [7, 11) is 1.72. The van der Waals surface area contributed by atoms with Crippen LogP contribution in [0.3, 0.4) is 0 Å². The summed E-state index contributed by atoms with van der Waals surface area (Å²) in [6.45, 7) is 1.99. The molecule has 0 aliphatic carbocycles. The number of anilines is 1. The number of hydrogen-bond acceptors (Lipinski definition) is 3. The van der Waals surface area contributed by atoms with E-state index in [0.717, 1.165) is 18.9 Å². The molecule has 4 nitrogen and oxygen atoms in total. The van der Waals surface area contributed by atoms with Crippen LogP contribution in [0.1, 0.15) is 12.8 Å². The van der Waals surface area contributed by atoms with Crippen LogP contribution >= 0.6 is 11.6 Å². The van der Waals surface area contributed by atoms with Gasteiger partial charge in [0.1, 0.15) is 11.0 Å². The largest absolute Gasteiger partial charge is 0.358 e. The molecule has 14 heavy (non-hydrogen) atoms. The van der Waals surface area contributed by atoms with E-state index in [1.165, 1.54) is 17.4 Å². The summed E-state index contributed by atoms with van der Waals surface area (Å²) < 4.78 is 1.54. The van der Waals surface area contributed by atoms with Crippen molar-refractivity contribution in [1.82, 2.24) is 9.55 Å². The molecule has 1 aromatic heterocycles. The second-order valence-corrected chi connectivity index (χ2v) is 3.86. The zero-order chi connectivity index (χ0) is 10.1. The third kappa shape index (κ3) is 1.62. The van der Waals surface area contributed by atoms with Crippen LogP contribution in [0, 0.1) is 0 Å². The van der Waals surface area contributed by atoms with Crippen molar-refractivity contribution in [2.75, 3.05) is 18.0 Å². The Morgan fingerprint density at radius 3 is 2.71 bits per heavy atom. The van der Waals surface area contributed by atoms with Gasteiger partial charge in [0, 0.05) is 26.2 Å². The molecular formula is C9H12ClN3O. The molecule has 0 unspecified atom stereocenters. The molecule has 1 aromatic rings. The van der Waals surface area contributed by atoms with Crippen molar-refractivity contribution >= 4 is 17.4 Å². The average Bonchev–Trinajstić information content (AvgIpc) is 2.63. The van der Waals surface area contributed by atoms with Crippen molar-refractivity contribution in [3.63, 3.8) is 0 Å². The first-order valence-electron chi connectivity index (χ1n) is 4.67. The molecule has 0 N–H and O–H groups in total. The third-order valence-electron chi connectivity index (χ3n) is 2.51. The summed E-state index contributed by atoms with van der Waals surface area (Å²) in [4.78, 5) is 17.2. The summed E-state index contributed by atoms with van der Waals surface area (Å²) in [5.41, 5.74) is -0.292. The minimum absolute atomic E-state index is 0.273. The van der Waals surface area contributed by atoms with E-state index in [1.807, 2.05) is 0 Å². The van der Waals surface area contributed by atoms with Crippen molar-refractivity contribution < 1.29 is 0 Å². The van der Waals surface area contributed by atoms with Gasteiger partial charge in [-0.25, -0.2) is 4.79 Å². The molecule has 0 saturated carbocycles. The van der Waals surface area contributed by atoms with Crippen LogP contribution in [-0.4, -0.2) is 22.6 Å². The quantitative estimate of drug-likeness (QED) is 0.655. The van der Waals surface area contributed by atoms with Gasteiger partial charge in [-0.3, -0.25) is 4.57 Å². The predicted molar refractivity (Wildman–Crippen MR) is 55.9 cm³/mol. The predicted octanol–water partition coefficient (Wildman–Crippen LogP) is 1.03. The molecule has 5 heteroatoms. The van der Waals surface area contributed by atoms with Crippen molar-refractivity contribution in [1.29, 1.82) is 0 Å². The van der Waals surface area contributed by atoms with Crippen LogP contribution in [0.25, 0.3) is 0 Å². The SMILES string of the molecule is Cn1c(N2CCCC2)cc(Cl)nc1=O. The van der Waals surface area contributed by atoms with Gasteiger partial charge in [0.2, 0.25) is 0 Å². The van der Waals surface area contributed by atoms with Crippen LogP contribution in [0.5, 0.6) is 0 Å². The fraction of sp³-hybridized carbons (Fsp3) is 0.556. The fourth-order valence-corrected chi connectivity index (χ4v) is 1.92. The van der Waals surface area contributed by atoms with E-state index in [0.29, 0.717) is 0 Å². The highest BCUT2D eigenvalue weighted by atomic mass is 35.5. The number of aromatic nitrogens is 2. The topological polar surface area (TPSA) is 38.1 Å². The highest BCUT2D eigenvalue weighted by Crippen LogP contribution is 2.19. The summed E-state index contributed by atoms with van der Waals surface area (Å²) >= 11 is 5.75. The molecular weight excluding hydrogens is 202 g/mol. The third-order valence-corrected chi connectivity index (χ3v) is 2.70. The van der Waals surface area contributed by atoms with E-state index in [4.69, 9.17) is 11.6 Å². The first-order valence-corrected chi connectivity index (χ1v) is 5.05.